The fourth-order valence-electron chi connectivity index (χ4n) is 1.82. The fourth-order valence-corrected chi connectivity index (χ4v) is 2.85. The Morgan fingerprint density at radius 2 is 1.90 bits per heavy atom. The van der Waals surface area contributed by atoms with Crippen LogP contribution in [0.4, 0.5) is 5.82 Å². The van der Waals surface area contributed by atoms with Crippen LogP contribution in [0.5, 0.6) is 0 Å². The molecule has 0 amide bonds. The summed E-state index contributed by atoms with van der Waals surface area (Å²) in [6, 6.07) is 6.90. The number of benzene rings is 1. The predicted octanol–water partition coefficient (Wildman–Crippen LogP) is -0.260. The molecular formula is C11H9N5O4S. The largest absolute Gasteiger partial charge is 0.325 e. The molecular weight excluding hydrogens is 298 g/mol. The zero-order chi connectivity index (χ0) is 15.0. The quantitative estimate of drug-likeness (QED) is 0.527. The molecule has 10 heteroatoms. The lowest BCUT2D eigenvalue weighted by atomic mass is 10.2. The molecule has 0 bridgehead atoms. The normalized spacial score (nSPS) is 11.6. The second kappa shape index (κ2) is 4.59. The molecule has 1 aromatic carbocycles. The lowest BCUT2D eigenvalue weighted by molar-refractivity contribution is 0.599. The molecule has 0 aliphatic carbocycles. The maximum Gasteiger partial charge on any atom is 0.325 e. The van der Waals surface area contributed by atoms with E-state index in [9.17, 15) is 18.0 Å². The third-order valence-electron chi connectivity index (χ3n) is 2.78. The number of sulfonamides is 1. The number of hydrogen-bond donors (Lipinski definition) is 4. The van der Waals surface area contributed by atoms with E-state index in [-0.39, 0.29) is 5.82 Å². The monoisotopic (exact) mass is 307 g/mol. The van der Waals surface area contributed by atoms with Gasteiger partial charge in [0, 0.05) is 11.6 Å². The Morgan fingerprint density at radius 1 is 1.14 bits per heavy atom. The third-order valence-corrected chi connectivity index (χ3v) is 4.12. The van der Waals surface area contributed by atoms with Gasteiger partial charge in [-0.1, -0.05) is 12.1 Å². The summed E-state index contributed by atoms with van der Waals surface area (Å²) >= 11 is 0. The van der Waals surface area contributed by atoms with Gasteiger partial charge >= 0.3 is 5.69 Å². The molecule has 0 saturated carbocycles. The van der Waals surface area contributed by atoms with Crippen LogP contribution < -0.4 is 16.0 Å². The number of nitrogens with one attached hydrogen (secondary N) is 4. The highest BCUT2D eigenvalue weighted by molar-refractivity contribution is 7.92. The molecule has 108 valence electrons. The summed E-state index contributed by atoms with van der Waals surface area (Å²) in [6.07, 6.45) is 0.832. The Hall–Kier alpha value is -2.88. The van der Waals surface area contributed by atoms with E-state index >= 15 is 0 Å². The maximum atomic E-state index is 12.2. The number of rotatable bonds is 3. The van der Waals surface area contributed by atoms with Crippen molar-refractivity contribution < 1.29 is 8.42 Å². The van der Waals surface area contributed by atoms with Crippen molar-refractivity contribution in [3.63, 3.8) is 0 Å². The van der Waals surface area contributed by atoms with Gasteiger partial charge in [-0.25, -0.2) is 13.2 Å². The van der Waals surface area contributed by atoms with Crippen molar-refractivity contribution in [3.8, 4) is 0 Å². The molecule has 0 radical (unpaired) electrons. The number of aromatic amines is 3. The van der Waals surface area contributed by atoms with E-state index in [0.29, 0.717) is 10.9 Å². The average Bonchev–Trinajstić information content (AvgIpc) is 2.81. The highest BCUT2D eigenvalue weighted by Crippen LogP contribution is 2.21. The van der Waals surface area contributed by atoms with Crippen molar-refractivity contribution in [2.45, 2.75) is 4.90 Å². The molecule has 2 aromatic heterocycles. The Morgan fingerprint density at radius 3 is 2.67 bits per heavy atom. The number of fused-ring (bicyclic) bond motifs is 1. The van der Waals surface area contributed by atoms with E-state index < -0.39 is 26.2 Å². The van der Waals surface area contributed by atoms with Gasteiger partial charge in [-0.2, -0.15) is 5.10 Å². The molecule has 0 fully saturated rings. The number of anilines is 1. The minimum absolute atomic E-state index is 0.0659. The number of aromatic nitrogens is 4. The van der Waals surface area contributed by atoms with Gasteiger partial charge in [0.05, 0.1) is 5.52 Å². The van der Waals surface area contributed by atoms with Crippen LogP contribution in [0.1, 0.15) is 0 Å². The summed E-state index contributed by atoms with van der Waals surface area (Å²) in [5.41, 5.74) is -1.15. The summed E-state index contributed by atoms with van der Waals surface area (Å²) in [4.78, 5) is 25.8. The van der Waals surface area contributed by atoms with Crippen LogP contribution in [0.25, 0.3) is 10.9 Å². The first-order valence-electron chi connectivity index (χ1n) is 5.75. The molecule has 9 nitrogen and oxygen atoms in total. The van der Waals surface area contributed by atoms with E-state index in [1.807, 2.05) is 4.98 Å². The molecule has 0 spiro atoms. The average molecular weight is 307 g/mol. The standard InChI is InChI=1S/C11H9N5O4S/c17-10-8(5-12-11(18)13-10)21(19,20)16-9-6-3-1-2-4-7(6)14-15-9/h1-5H,(H2,14,15,16)(H2,12,13,17,18). The van der Waals surface area contributed by atoms with Crippen molar-refractivity contribution in [3.05, 3.63) is 51.3 Å². The Bertz CT molecular complexity index is 1030. The third kappa shape index (κ3) is 2.31. The second-order valence-electron chi connectivity index (χ2n) is 4.16. The number of para-hydroxylation sites is 1. The summed E-state index contributed by atoms with van der Waals surface area (Å²) < 4.78 is 26.5. The SMILES string of the molecule is O=c1[nH]cc(S(=O)(=O)Nc2n[nH]c3ccccc23)c(=O)[nH]1. The van der Waals surface area contributed by atoms with Gasteiger partial charge in [0.2, 0.25) is 0 Å². The summed E-state index contributed by atoms with van der Waals surface area (Å²) in [5, 5.41) is 7.08. The van der Waals surface area contributed by atoms with Crippen LogP contribution in [0.15, 0.2) is 44.9 Å². The van der Waals surface area contributed by atoms with Crippen LogP contribution in [-0.2, 0) is 10.0 Å². The highest BCUT2D eigenvalue weighted by Gasteiger charge is 2.21. The fraction of sp³-hybridized carbons (Fsp3) is 0. The summed E-state index contributed by atoms with van der Waals surface area (Å²) in [6.45, 7) is 0. The van der Waals surface area contributed by atoms with E-state index in [0.717, 1.165) is 6.20 Å². The molecule has 0 aliphatic rings. The Kier molecular flexibility index (Phi) is 2.87. The molecule has 0 saturated heterocycles. The van der Waals surface area contributed by atoms with E-state index in [4.69, 9.17) is 0 Å². The predicted molar refractivity (Wildman–Crippen MR) is 74.6 cm³/mol. The molecule has 0 atom stereocenters. The van der Waals surface area contributed by atoms with Crippen LogP contribution in [0, 0.1) is 0 Å². The zero-order valence-corrected chi connectivity index (χ0v) is 11.2. The zero-order valence-electron chi connectivity index (χ0n) is 10.4. The van der Waals surface area contributed by atoms with Crippen molar-refractivity contribution in [2.75, 3.05) is 4.72 Å². The number of H-pyrrole nitrogens is 3. The van der Waals surface area contributed by atoms with Crippen molar-refractivity contribution >= 4 is 26.7 Å². The van der Waals surface area contributed by atoms with Crippen molar-refractivity contribution in [1.29, 1.82) is 0 Å². The minimum Gasteiger partial charge on any atom is -0.313 e. The first-order chi connectivity index (χ1) is 9.97. The molecule has 3 rings (SSSR count). The molecule has 21 heavy (non-hydrogen) atoms. The van der Waals surface area contributed by atoms with Crippen LogP contribution in [-0.4, -0.2) is 28.6 Å². The number of hydrogen-bond acceptors (Lipinski definition) is 5. The molecule has 0 aliphatic heterocycles. The van der Waals surface area contributed by atoms with Crippen molar-refractivity contribution in [2.24, 2.45) is 0 Å². The van der Waals surface area contributed by atoms with Gasteiger partial charge in [0.15, 0.2) is 10.7 Å². The maximum absolute atomic E-state index is 12.2. The molecule has 2 heterocycles. The van der Waals surface area contributed by atoms with E-state index in [1.54, 1.807) is 24.3 Å². The van der Waals surface area contributed by atoms with E-state index in [2.05, 4.69) is 19.9 Å². The Balaban J connectivity index is 2.07. The number of nitrogens with zero attached hydrogens (tertiary/aromatic N) is 1. The topological polar surface area (TPSA) is 141 Å². The van der Waals surface area contributed by atoms with Gasteiger partial charge in [0.1, 0.15) is 0 Å². The van der Waals surface area contributed by atoms with Gasteiger partial charge < -0.3 is 4.98 Å². The smallest absolute Gasteiger partial charge is 0.313 e. The van der Waals surface area contributed by atoms with Gasteiger partial charge in [-0.3, -0.25) is 19.6 Å². The Labute approximate surface area is 117 Å². The minimum atomic E-state index is -4.17. The lowest BCUT2D eigenvalue weighted by Gasteiger charge is -2.04. The first kappa shape index (κ1) is 13.1. The van der Waals surface area contributed by atoms with Crippen LogP contribution in [0.2, 0.25) is 0 Å². The van der Waals surface area contributed by atoms with Crippen molar-refractivity contribution in [1.82, 2.24) is 20.2 Å². The molecule has 4 N–H and O–H groups in total. The summed E-state index contributed by atoms with van der Waals surface area (Å²) in [5.74, 6) is 0.0659. The highest BCUT2D eigenvalue weighted by atomic mass is 32.2. The van der Waals surface area contributed by atoms with Gasteiger partial charge in [-0.05, 0) is 12.1 Å². The molecule has 0 unspecified atom stereocenters. The first-order valence-corrected chi connectivity index (χ1v) is 7.23. The van der Waals surface area contributed by atoms with Crippen LogP contribution in [0.3, 0.4) is 0 Å². The van der Waals surface area contributed by atoms with Crippen LogP contribution >= 0.6 is 0 Å². The van der Waals surface area contributed by atoms with E-state index in [1.165, 1.54) is 0 Å². The second-order valence-corrected chi connectivity index (χ2v) is 5.81. The summed E-state index contributed by atoms with van der Waals surface area (Å²) in [7, 11) is -4.17. The molecule has 3 aromatic rings. The van der Waals surface area contributed by atoms with Gasteiger partial charge in [-0.15, -0.1) is 0 Å². The lowest BCUT2D eigenvalue weighted by Crippen LogP contribution is -2.29. The van der Waals surface area contributed by atoms with Gasteiger partial charge in [0.25, 0.3) is 15.6 Å².